The predicted molar refractivity (Wildman–Crippen MR) is 61.9 cm³/mol. The van der Waals surface area contributed by atoms with Gasteiger partial charge in [0.15, 0.2) is 15.5 Å². The molecule has 0 spiro atoms. The van der Waals surface area contributed by atoms with Crippen LogP contribution in [0.4, 0.5) is 5.69 Å². The summed E-state index contributed by atoms with van der Waals surface area (Å²) in [5, 5.41) is 9.98. The molecule has 2 rings (SSSR count). The number of aromatic amines is 1. The van der Waals surface area contributed by atoms with E-state index in [4.69, 9.17) is 5.73 Å². The van der Waals surface area contributed by atoms with E-state index in [2.05, 4.69) is 15.5 Å². The topological polar surface area (TPSA) is 118 Å². The van der Waals surface area contributed by atoms with Crippen molar-refractivity contribution in [2.24, 2.45) is 0 Å². The van der Waals surface area contributed by atoms with E-state index in [1.54, 1.807) is 6.92 Å². The monoisotopic (exact) mass is 256 g/mol. The van der Waals surface area contributed by atoms with Crippen molar-refractivity contribution in [3.8, 4) is 0 Å². The summed E-state index contributed by atoms with van der Waals surface area (Å²) in [6, 6.07) is -0.524. The number of aromatic nitrogens is 2. The van der Waals surface area contributed by atoms with Crippen LogP contribution in [0, 0.1) is 6.92 Å². The normalized spacial score (nSPS) is 21.6. The van der Waals surface area contributed by atoms with E-state index in [1.165, 1.54) is 6.08 Å². The Kier molecular flexibility index (Phi) is 2.66. The van der Waals surface area contributed by atoms with E-state index in [0.717, 1.165) is 5.41 Å². The van der Waals surface area contributed by atoms with Crippen LogP contribution in [0.25, 0.3) is 0 Å². The lowest BCUT2D eigenvalue weighted by atomic mass is 10.2. The second kappa shape index (κ2) is 3.88. The predicted octanol–water partition coefficient (Wildman–Crippen LogP) is -0.659. The van der Waals surface area contributed by atoms with Crippen LogP contribution >= 0.6 is 0 Å². The lowest BCUT2D eigenvalue weighted by molar-refractivity contribution is 0.0943. The van der Waals surface area contributed by atoms with Gasteiger partial charge in [-0.1, -0.05) is 0 Å². The fraction of sp³-hybridized carbons (Fsp3) is 0.333. The van der Waals surface area contributed by atoms with Gasteiger partial charge < -0.3 is 11.1 Å². The summed E-state index contributed by atoms with van der Waals surface area (Å²) in [5.74, 6) is -0.610. The van der Waals surface area contributed by atoms with Crippen molar-refractivity contribution < 1.29 is 13.2 Å². The maximum absolute atomic E-state index is 11.7. The Bertz CT molecular complexity index is 587. The van der Waals surface area contributed by atoms with Crippen LogP contribution in [-0.4, -0.2) is 36.3 Å². The Morgan fingerprint density at radius 3 is 2.82 bits per heavy atom. The summed E-state index contributed by atoms with van der Waals surface area (Å²) in [6.07, 6.45) is 1.43. The third-order valence-electron chi connectivity index (χ3n) is 2.46. The standard InChI is InChI=1S/C9H12N4O3S/c1-5-7(10)8(13-12-5)9(14)11-6-2-3-17(15,16)4-6/h2-3,6H,4,10H2,1H3,(H,11,14)(H,12,13). The molecule has 1 atom stereocenters. The van der Waals surface area contributed by atoms with Gasteiger partial charge in [-0.3, -0.25) is 9.89 Å². The number of nitrogens with one attached hydrogen (secondary N) is 2. The molecule has 1 aliphatic rings. The van der Waals surface area contributed by atoms with Gasteiger partial charge in [0.05, 0.1) is 23.2 Å². The molecule has 0 aromatic carbocycles. The Hall–Kier alpha value is -1.83. The fourth-order valence-corrected chi connectivity index (χ4v) is 2.75. The number of aryl methyl sites for hydroxylation is 1. The van der Waals surface area contributed by atoms with Crippen molar-refractivity contribution in [3.05, 3.63) is 22.9 Å². The van der Waals surface area contributed by atoms with Crippen molar-refractivity contribution in [3.63, 3.8) is 0 Å². The van der Waals surface area contributed by atoms with Crippen molar-refractivity contribution in [2.75, 3.05) is 11.5 Å². The van der Waals surface area contributed by atoms with Gasteiger partial charge in [0.1, 0.15) is 0 Å². The number of rotatable bonds is 2. The molecule has 1 aromatic heterocycles. The number of amides is 1. The van der Waals surface area contributed by atoms with Crippen LogP contribution in [0.15, 0.2) is 11.5 Å². The summed E-state index contributed by atoms with van der Waals surface area (Å²) in [4.78, 5) is 11.7. The second-order valence-corrected chi connectivity index (χ2v) is 5.78. The molecule has 1 aliphatic heterocycles. The summed E-state index contributed by atoms with van der Waals surface area (Å²) < 4.78 is 22.3. The SMILES string of the molecule is Cc1[nH]nc(C(=O)NC2C=CS(=O)(=O)C2)c1N. The van der Waals surface area contributed by atoms with Crippen LogP contribution in [0.2, 0.25) is 0 Å². The number of nitrogen functional groups attached to an aromatic ring is 1. The van der Waals surface area contributed by atoms with Crippen LogP contribution in [0.5, 0.6) is 0 Å². The van der Waals surface area contributed by atoms with Gasteiger partial charge in [0.25, 0.3) is 5.91 Å². The molecule has 0 saturated heterocycles. The van der Waals surface area contributed by atoms with Gasteiger partial charge in [-0.15, -0.1) is 0 Å². The maximum Gasteiger partial charge on any atom is 0.274 e. The molecular weight excluding hydrogens is 244 g/mol. The number of hydrogen-bond acceptors (Lipinski definition) is 5. The van der Waals surface area contributed by atoms with Gasteiger partial charge in [-0.2, -0.15) is 5.10 Å². The summed E-state index contributed by atoms with van der Waals surface area (Å²) >= 11 is 0. The van der Waals surface area contributed by atoms with Crippen LogP contribution in [0.3, 0.4) is 0 Å². The van der Waals surface area contributed by atoms with E-state index < -0.39 is 21.8 Å². The molecule has 8 heteroatoms. The Balaban J connectivity index is 2.09. The van der Waals surface area contributed by atoms with Gasteiger partial charge >= 0.3 is 0 Å². The number of carbonyl (C=O) groups is 1. The third-order valence-corrected chi connectivity index (χ3v) is 3.85. The molecular formula is C9H12N4O3S. The number of H-pyrrole nitrogens is 1. The number of carbonyl (C=O) groups excluding carboxylic acids is 1. The minimum atomic E-state index is -3.18. The Morgan fingerprint density at radius 2 is 2.35 bits per heavy atom. The quantitative estimate of drug-likeness (QED) is 0.649. The minimum absolute atomic E-state index is 0.0835. The fourth-order valence-electron chi connectivity index (χ4n) is 1.51. The molecule has 0 aliphatic carbocycles. The molecule has 7 nitrogen and oxygen atoms in total. The molecule has 0 radical (unpaired) electrons. The first-order chi connectivity index (χ1) is 7.89. The average molecular weight is 256 g/mol. The molecule has 0 bridgehead atoms. The largest absolute Gasteiger partial charge is 0.395 e. The van der Waals surface area contributed by atoms with Crippen LogP contribution in [0.1, 0.15) is 16.2 Å². The number of sulfone groups is 1. The molecule has 17 heavy (non-hydrogen) atoms. The van der Waals surface area contributed by atoms with Gasteiger partial charge in [0.2, 0.25) is 0 Å². The highest BCUT2D eigenvalue weighted by atomic mass is 32.2. The zero-order chi connectivity index (χ0) is 12.6. The zero-order valence-corrected chi connectivity index (χ0v) is 9.91. The number of anilines is 1. The highest BCUT2D eigenvalue weighted by Gasteiger charge is 2.25. The maximum atomic E-state index is 11.7. The van der Waals surface area contributed by atoms with E-state index in [9.17, 15) is 13.2 Å². The molecule has 2 heterocycles. The first-order valence-electron chi connectivity index (χ1n) is 4.91. The zero-order valence-electron chi connectivity index (χ0n) is 9.10. The second-order valence-electron chi connectivity index (χ2n) is 3.85. The Morgan fingerprint density at radius 1 is 1.65 bits per heavy atom. The number of hydrogen-bond donors (Lipinski definition) is 3. The summed E-state index contributed by atoms with van der Waals surface area (Å²) in [6.45, 7) is 1.69. The lowest BCUT2D eigenvalue weighted by Gasteiger charge is -2.08. The molecule has 1 unspecified atom stereocenters. The van der Waals surface area contributed by atoms with Crippen molar-refractivity contribution in [2.45, 2.75) is 13.0 Å². The smallest absolute Gasteiger partial charge is 0.274 e. The molecule has 1 aromatic rings. The molecule has 0 saturated carbocycles. The van der Waals surface area contributed by atoms with Crippen molar-refractivity contribution in [1.82, 2.24) is 15.5 Å². The van der Waals surface area contributed by atoms with Gasteiger partial charge in [-0.05, 0) is 13.0 Å². The third kappa shape index (κ3) is 2.31. The molecule has 1 amide bonds. The van der Waals surface area contributed by atoms with E-state index >= 15 is 0 Å². The first kappa shape index (κ1) is 11.6. The molecule has 92 valence electrons. The van der Waals surface area contributed by atoms with E-state index in [-0.39, 0.29) is 17.1 Å². The van der Waals surface area contributed by atoms with E-state index in [0.29, 0.717) is 5.69 Å². The highest BCUT2D eigenvalue weighted by Crippen LogP contribution is 2.14. The molecule has 0 fully saturated rings. The average Bonchev–Trinajstić information content (AvgIpc) is 2.72. The summed E-state index contributed by atoms with van der Waals surface area (Å²) in [5.41, 5.74) is 6.60. The summed E-state index contributed by atoms with van der Waals surface area (Å²) in [7, 11) is -3.18. The number of nitrogens with zero attached hydrogens (tertiary/aromatic N) is 1. The van der Waals surface area contributed by atoms with Crippen molar-refractivity contribution in [1.29, 1.82) is 0 Å². The van der Waals surface area contributed by atoms with Gasteiger partial charge in [0, 0.05) is 5.41 Å². The highest BCUT2D eigenvalue weighted by molar-refractivity contribution is 7.94. The van der Waals surface area contributed by atoms with E-state index in [1.807, 2.05) is 0 Å². The van der Waals surface area contributed by atoms with Crippen LogP contribution < -0.4 is 11.1 Å². The first-order valence-corrected chi connectivity index (χ1v) is 6.63. The minimum Gasteiger partial charge on any atom is -0.395 e. The lowest BCUT2D eigenvalue weighted by Crippen LogP contribution is -2.36. The van der Waals surface area contributed by atoms with Gasteiger partial charge in [-0.25, -0.2) is 8.42 Å². The van der Waals surface area contributed by atoms with Crippen LogP contribution in [-0.2, 0) is 9.84 Å². The number of nitrogens with two attached hydrogens (primary N) is 1. The molecule has 4 N–H and O–H groups in total. The Labute approximate surface area is 98.0 Å². The van der Waals surface area contributed by atoms with Crippen molar-refractivity contribution >= 4 is 21.4 Å².